The van der Waals surface area contributed by atoms with Crippen LogP contribution >= 0.6 is 34.8 Å². The Kier molecular flexibility index (Phi) is 9.30. The number of pyridine rings is 1. The molecule has 0 aliphatic heterocycles. The van der Waals surface area contributed by atoms with Gasteiger partial charge in [-0.1, -0.05) is 34.8 Å². The lowest BCUT2D eigenvalue weighted by atomic mass is 9.94. The molecule has 4 rings (SSSR count). The second-order valence-electron chi connectivity index (χ2n) is 9.29. The third-order valence-electron chi connectivity index (χ3n) is 6.44. The third kappa shape index (κ3) is 5.97. The summed E-state index contributed by atoms with van der Waals surface area (Å²) >= 11 is 17.7. The quantitative estimate of drug-likeness (QED) is 0.0674. The van der Waals surface area contributed by atoms with E-state index in [4.69, 9.17) is 34.8 Å². The first kappa shape index (κ1) is 35.8. The molecule has 0 spiro atoms. The monoisotopic (exact) mass is 742 g/mol. The first-order chi connectivity index (χ1) is 21.5. The zero-order chi connectivity index (χ0) is 35.5. The number of rotatable bonds is 5. The molecule has 21 heteroatoms. The van der Waals surface area contributed by atoms with Crippen LogP contribution in [0.2, 0.25) is 15.2 Å². The lowest BCUT2D eigenvalue weighted by molar-refractivity contribution is -0.348. The highest BCUT2D eigenvalue weighted by Crippen LogP contribution is 2.54. The van der Waals surface area contributed by atoms with Crippen LogP contribution in [-0.2, 0) is 5.67 Å². The molecule has 47 heavy (non-hydrogen) atoms. The first-order valence-corrected chi connectivity index (χ1v) is 13.0. The van der Waals surface area contributed by atoms with Gasteiger partial charge in [-0.05, 0) is 18.2 Å². The highest BCUT2D eigenvalue weighted by Gasteiger charge is 2.73. The van der Waals surface area contributed by atoms with Crippen molar-refractivity contribution in [3.63, 3.8) is 0 Å². The van der Waals surface area contributed by atoms with Crippen LogP contribution in [0.25, 0.3) is 16.8 Å². The molecule has 0 saturated carbocycles. The number of benzene rings is 2. The maximum Gasteiger partial charge on any atom is 0.435 e. The summed E-state index contributed by atoms with van der Waals surface area (Å²) in [5.41, 5.74) is -11.0. The molecule has 2 aromatic heterocycles. The molecule has 0 N–H and O–H groups in total. The van der Waals surface area contributed by atoms with E-state index in [0.717, 1.165) is 29.3 Å². The second-order valence-corrected chi connectivity index (χ2v) is 10.5. The van der Waals surface area contributed by atoms with Crippen LogP contribution in [0, 0.1) is 29.1 Å². The molecule has 0 unspecified atom stereocenters. The number of nitrogens with zero attached hydrogens (tertiary/aromatic N) is 4. The summed E-state index contributed by atoms with van der Waals surface area (Å²) in [6.07, 6.45) is -9.90. The van der Waals surface area contributed by atoms with Gasteiger partial charge in [-0.25, -0.2) is 36.0 Å². The fourth-order valence-corrected chi connectivity index (χ4v) is 4.90. The lowest BCUT2D eigenvalue weighted by Crippen LogP contribution is -2.50. The van der Waals surface area contributed by atoms with E-state index in [2.05, 4.69) is 10.1 Å². The normalized spacial score (nSPS) is 12.4. The Morgan fingerprint density at radius 2 is 1.21 bits per heavy atom. The Morgan fingerprint density at radius 3 is 1.70 bits per heavy atom. The van der Waals surface area contributed by atoms with Crippen molar-refractivity contribution in [2.45, 2.75) is 18.0 Å². The molecule has 0 aliphatic carbocycles. The Hall–Kier alpha value is -4.03. The summed E-state index contributed by atoms with van der Waals surface area (Å²) in [5, 5.41) is 1.40. The van der Waals surface area contributed by atoms with Gasteiger partial charge in [0.2, 0.25) is 5.82 Å². The van der Waals surface area contributed by atoms with Gasteiger partial charge in [0.1, 0.15) is 16.4 Å². The van der Waals surface area contributed by atoms with Gasteiger partial charge >= 0.3 is 18.0 Å². The van der Waals surface area contributed by atoms with Crippen molar-refractivity contribution in [1.29, 1.82) is 0 Å². The van der Waals surface area contributed by atoms with Crippen molar-refractivity contribution in [2.75, 3.05) is 7.05 Å². The standard InChI is InChI=1S/C26H9Cl3F12N4O2/c1-44(23(47)14-15(30)17(32)19(34)18(33)16(14)31)22(46)11-2-8(5-42-21(11)29)9-6-43-45(7-9)20-12(27)3-10(4-13(20)28)24(35,25(36,37)38)26(39,40)41/h2-7H,1H3. The highest BCUT2D eigenvalue weighted by atomic mass is 35.5. The Bertz CT molecular complexity index is 1880. The molecule has 0 fully saturated rings. The minimum absolute atomic E-state index is 0.0255. The number of halogens is 15. The SMILES string of the molecule is CN(C(=O)c1cc(-c2cnn(-c3c(Cl)cc(C(F)(C(F)(F)F)C(F)(F)F)cc3Cl)c2)cnc1Cl)C(=O)c1c(F)c(F)c(F)c(F)c1F. The van der Waals surface area contributed by atoms with E-state index in [-0.39, 0.29) is 28.2 Å². The molecule has 2 heterocycles. The third-order valence-corrected chi connectivity index (χ3v) is 7.32. The number of alkyl halides is 7. The van der Waals surface area contributed by atoms with Gasteiger partial charge in [0.25, 0.3) is 11.8 Å². The molecular weight excluding hydrogens is 735 g/mol. The van der Waals surface area contributed by atoms with E-state index in [9.17, 15) is 62.3 Å². The number of carbonyl (C=O) groups excluding carboxylic acids is 2. The largest absolute Gasteiger partial charge is 0.435 e. The Labute approximate surface area is 268 Å². The van der Waals surface area contributed by atoms with E-state index in [0.29, 0.717) is 7.05 Å². The van der Waals surface area contributed by atoms with Gasteiger partial charge in [-0.3, -0.25) is 14.5 Å². The van der Waals surface area contributed by atoms with Crippen molar-refractivity contribution >= 4 is 46.6 Å². The molecule has 0 bridgehead atoms. The predicted octanol–water partition coefficient (Wildman–Crippen LogP) is 8.79. The average molecular weight is 744 g/mol. The van der Waals surface area contributed by atoms with Crippen LogP contribution in [0.1, 0.15) is 26.3 Å². The minimum Gasteiger partial charge on any atom is -0.277 e. The van der Waals surface area contributed by atoms with Crippen LogP contribution < -0.4 is 0 Å². The maximum atomic E-state index is 14.5. The van der Waals surface area contributed by atoms with E-state index >= 15 is 0 Å². The number of hydrogen-bond acceptors (Lipinski definition) is 4. The maximum absolute atomic E-state index is 14.5. The Morgan fingerprint density at radius 1 is 0.723 bits per heavy atom. The first-order valence-electron chi connectivity index (χ1n) is 11.9. The average Bonchev–Trinajstić information content (AvgIpc) is 3.46. The van der Waals surface area contributed by atoms with Gasteiger partial charge in [-0.15, -0.1) is 0 Å². The smallest absolute Gasteiger partial charge is 0.277 e. The lowest BCUT2D eigenvalue weighted by Gasteiger charge is -2.30. The predicted molar refractivity (Wildman–Crippen MR) is 139 cm³/mol. The number of aromatic nitrogens is 3. The summed E-state index contributed by atoms with van der Waals surface area (Å²) in [4.78, 5) is 29.3. The number of carbonyl (C=O) groups is 2. The summed E-state index contributed by atoms with van der Waals surface area (Å²) in [6, 6.07) is 1.02. The number of amides is 2. The minimum atomic E-state index is -6.46. The molecule has 2 aromatic carbocycles. The summed E-state index contributed by atoms with van der Waals surface area (Å²) < 4.78 is 163. The molecular formula is C26H9Cl3F12N4O2. The molecule has 0 aliphatic rings. The molecule has 6 nitrogen and oxygen atoms in total. The molecule has 2 amide bonds. The van der Waals surface area contributed by atoms with Crippen molar-refractivity contribution in [1.82, 2.24) is 19.7 Å². The fraction of sp³-hybridized carbons (Fsp3) is 0.154. The fourth-order valence-electron chi connectivity index (χ4n) is 4.05. The van der Waals surface area contributed by atoms with Gasteiger partial charge in [0, 0.05) is 36.1 Å². The van der Waals surface area contributed by atoms with Gasteiger partial charge in [-0.2, -0.15) is 31.4 Å². The van der Waals surface area contributed by atoms with Gasteiger partial charge in [0.15, 0.2) is 23.3 Å². The number of hydrogen-bond donors (Lipinski definition) is 0. The Balaban J connectivity index is 1.71. The van der Waals surface area contributed by atoms with Crippen molar-refractivity contribution < 1.29 is 62.3 Å². The van der Waals surface area contributed by atoms with Crippen LogP contribution in [0.5, 0.6) is 0 Å². The molecule has 4 aromatic rings. The topological polar surface area (TPSA) is 68.1 Å². The van der Waals surface area contributed by atoms with E-state index in [1.165, 1.54) is 0 Å². The van der Waals surface area contributed by atoms with E-state index in [1.807, 2.05) is 0 Å². The van der Waals surface area contributed by atoms with Crippen LogP contribution in [-0.4, -0.2) is 50.9 Å². The number of imide groups is 1. The van der Waals surface area contributed by atoms with Crippen molar-refractivity contribution in [3.8, 4) is 16.8 Å². The zero-order valence-electron chi connectivity index (χ0n) is 22.2. The van der Waals surface area contributed by atoms with E-state index in [1.54, 1.807) is 0 Å². The van der Waals surface area contributed by atoms with Gasteiger partial charge < -0.3 is 0 Å². The highest BCUT2D eigenvalue weighted by molar-refractivity contribution is 6.38. The van der Waals surface area contributed by atoms with Gasteiger partial charge in [0.05, 0.1) is 21.8 Å². The van der Waals surface area contributed by atoms with E-state index < -0.39 is 96.5 Å². The second kappa shape index (κ2) is 12.2. The molecule has 250 valence electrons. The molecule has 0 saturated heterocycles. The summed E-state index contributed by atoms with van der Waals surface area (Å²) in [5.74, 6) is -15.9. The zero-order valence-corrected chi connectivity index (χ0v) is 24.5. The van der Waals surface area contributed by atoms with Crippen LogP contribution in [0.3, 0.4) is 0 Å². The summed E-state index contributed by atoms with van der Waals surface area (Å²) in [6.45, 7) is 0. The van der Waals surface area contributed by atoms with Crippen LogP contribution in [0.15, 0.2) is 36.8 Å². The van der Waals surface area contributed by atoms with Crippen LogP contribution in [0.4, 0.5) is 52.7 Å². The van der Waals surface area contributed by atoms with Crippen molar-refractivity contribution in [3.05, 3.63) is 97.8 Å². The van der Waals surface area contributed by atoms with Crippen molar-refractivity contribution in [2.24, 2.45) is 0 Å². The molecule has 0 radical (unpaired) electrons. The summed E-state index contributed by atoms with van der Waals surface area (Å²) in [7, 11) is 0.626. The molecule has 0 atom stereocenters.